The number of amides is 2. The standard InChI is InChI=1S/C14H22N2O3S/c1-3-14(4-2,10-17)9-16-12(18)8-15-13(19)11-6-5-7-20-11/h5-7,17H,3-4,8-10H2,1-2H3,(H,15,19)(H,16,18). The van der Waals surface area contributed by atoms with Crippen molar-refractivity contribution in [2.75, 3.05) is 19.7 Å². The summed E-state index contributed by atoms with van der Waals surface area (Å²) in [5.41, 5.74) is -0.270. The molecule has 0 aromatic carbocycles. The highest BCUT2D eigenvalue weighted by Crippen LogP contribution is 2.24. The van der Waals surface area contributed by atoms with Crippen LogP contribution in [0.5, 0.6) is 0 Å². The zero-order valence-corrected chi connectivity index (χ0v) is 12.8. The molecule has 5 nitrogen and oxygen atoms in total. The van der Waals surface area contributed by atoms with Gasteiger partial charge in [-0.3, -0.25) is 9.59 Å². The minimum atomic E-state index is -0.270. The van der Waals surface area contributed by atoms with Crippen molar-refractivity contribution in [2.24, 2.45) is 5.41 Å². The molecule has 1 rings (SSSR count). The smallest absolute Gasteiger partial charge is 0.261 e. The van der Waals surface area contributed by atoms with Gasteiger partial charge in [0.15, 0.2) is 0 Å². The van der Waals surface area contributed by atoms with Crippen molar-refractivity contribution in [3.05, 3.63) is 22.4 Å². The van der Waals surface area contributed by atoms with E-state index in [1.165, 1.54) is 11.3 Å². The molecule has 1 heterocycles. The summed E-state index contributed by atoms with van der Waals surface area (Å²) >= 11 is 1.33. The summed E-state index contributed by atoms with van der Waals surface area (Å²) in [5, 5.41) is 16.6. The van der Waals surface area contributed by atoms with Crippen LogP contribution in [0.2, 0.25) is 0 Å². The van der Waals surface area contributed by atoms with Crippen molar-refractivity contribution in [1.29, 1.82) is 0 Å². The molecule has 0 aliphatic heterocycles. The molecule has 112 valence electrons. The van der Waals surface area contributed by atoms with Crippen LogP contribution < -0.4 is 10.6 Å². The zero-order valence-electron chi connectivity index (χ0n) is 11.9. The fraction of sp³-hybridized carbons (Fsp3) is 0.571. The van der Waals surface area contributed by atoms with Gasteiger partial charge in [-0.15, -0.1) is 11.3 Å². The SMILES string of the molecule is CCC(CC)(CO)CNC(=O)CNC(=O)c1cccs1. The fourth-order valence-corrected chi connectivity index (χ4v) is 2.42. The van der Waals surface area contributed by atoms with E-state index in [1.807, 2.05) is 19.2 Å². The summed E-state index contributed by atoms with van der Waals surface area (Å²) in [6, 6.07) is 3.50. The number of carbonyl (C=O) groups is 2. The van der Waals surface area contributed by atoms with E-state index in [9.17, 15) is 14.7 Å². The monoisotopic (exact) mass is 298 g/mol. The molecule has 0 radical (unpaired) electrons. The highest BCUT2D eigenvalue weighted by molar-refractivity contribution is 7.12. The Morgan fingerprint density at radius 1 is 1.30 bits per heavy atom. The normalized spacial score (nSPS) is 11.2. The Morgan fingerprint density at radius 3 is 2.50 bits per heavy atom. The largest absolute Gasteiger partial charge is 0.396 e. The van der Waals surface area contributed by atoms with Gasteiger partial charge >= 0.3 is 0 Å². The van der Waals surface area contributed by atoms with E-state index < -0.39 is 0 Å². The van der Waals surface area contributed by atoms with E-state index in [0.29, 0.717) is 11.4 Å². The summed E-state index contributed by atoms with van der Waals surface area (Å²) in [6.45, 7) is 4.40. The van der Waals surface area contributed by atoms with Gasteiger partial charge in [0.05, 0.1) is 18.0 Å². The second-order valence-electron chi connectivity index (χ2n) is 4.80. The molecule has 6 heteroatoms. The lowest BCUT2D eigenvalue weighted by Gasteiger charge is -2.29. The van der Waals surface area contributed by atoms with Gasteiger partial charge in [-0.1, -0.05) is 19.9 Å². The van der Waals surface area contributed by atoms with Gasteiger partial charge in [-0.05, 0) is 24.3 Å². The van der Waals surface area contributed by atoms with Gasteiger partial charge in [-0.2, -0.15) is 0 Å². The van der Waals surface area contributed by atoms with E-state index in [0.717, 1.165) is 12.8 Å². The summed E-state index contributed by atoms with van der Waals surface area (Å²) in [4.78, 5) is 24.0. The summed E-state index contributed by atoms with van der Waals surface area (Å²) in [5.74, 6) is -0.482. The molecular formula is C14H22N2O3S. The first-order valence-electron chi connectivity index (χ1n) is 6.76. The highest BCUT2D eigenvalue weighted by atomic mass is 32.1. The van der Waals surface area contributed by atoms with E-state index >= 15 is 0 Å². The molecule has 0 spiro atoms. The van der Waals surface area contributed by atoms with E-state index in [-0.39, 0.29) is 30.4 Å². The van der Waals surface area contributed by atoms with Crippen molar-refractivity contribution in [1.82, 2.24) is 10.6 Å². The van der Waals surface area contributed by atoms with Gasteiger partial charge < -0.3 is 15.7 Å². The average molecular weight is 298 g/mol. The fourth-order valence-electron chi connectivity index (χ4n) is 1.78. The molecule has 2 amide bonds. The molecule has 0 saturated heterocycles. The average Bonchev–Trinajstić information content (AvgIpc) is 3.01. The number of aliphatic hydroxyl groups is 1. The van der Waals surface area contributed by atoms with Crippen molar-refractivity contribution in [2.45, 2.75) is 26.7 Å². The van der Waals surface area contributed by atoms with Crippen molar-refractivity contribution in [3.8, 4) is 0 Å². The molecule has 0 fully saturated rings. The van der Waals surface area contributed by atoms with E-state index in [1.54, 1.807) is 12.1 Å². The third-order valence-electron chi connectivity index (χ3n) is 3.65. The molecular weight excluding hydrogens is 276 g/mol. The molecule has 0 bridgehead atoms. The molecule has 1 aromatic heterocycles. The van der Waals surface area contributed by atoms with Gasteiger partial charge in [0.1, 0.15) is 0 Å². The van der Waals surface area contributed by atoms with Crippen LogP contribution in [0.25, 0.3) is 0 Å². The molecule has 3 N–H and O–H groups in total. The Hall–Kier alpha value is -1.40. The summed E-state index contributed by atoms with van der Waals surface area (Å²) in [6.07, 6.45) is 1.59. The zero-order chi connectivity index (χ0) is 15.0. The topological polar surface area (TPSA) is 78.4 Å². The molecule has 0 aliphatic rings. The maximum absolute atomic E-state index is 11.7. The predicted molar refractivity (Wildman–Crippen MR) is 79.8 cm³/mol. The van der Waals surface area contributed by atoms with Crippen LogP contribution in [0.15, 0.2) is 17.5 Å². The number of aliphatic hydroxyl groups excluding tert-OH is 1. The lowest BCUT2D eigenvalue weighted by molar-refractivity contribution is -0.120. The molecule has 0 unspecified atom stereocenters. The molecule has 0 aliphatic carbocycles. The van der Waals surface area contributed by atoms with E-state index in [4.69, 9.17) is 0 Å². The number of hydrogen-bond acceptors (Lipinski definition) is 4. The lowest BCUT2D eigenvalue weighted by Crippen LogP contribution is -2.43. The number of carbonyl (C=O) groups excluding carboxylic acids is 2. The van der Waals surface area contributed by atoms with Crippen LogP contribution in [0.1, 0.15) is 36.4 Å². The van der Waals surface area contributed by atoms with Crippen LogP contribution in [0.4, 0.5) is 0 Å². The minimum Gasteiger partial charge on any atom is -0.396 e. The Balaban J connectivity index is 2.35. The van der Waals surface area contributed by atoms with Gasteiger partial charge in [0.25, 0.3) is 5.91 Å². The molecule has 1 aromatic rings. The van der Waals surface area contributed by atoms with Crippen molar-refractivity contribution < 1.29 is 14.7 Å². The Morgan fingerprint density at radius 2 is 2.00 bits per heavy atom. The first-order chi connectivity index (χ1) is 9.56. The second-order valence-corrected chi connectivity index (χ2v) is 5.75. The second kappa shape index (κ2) is 8.01. The summed E-state index contributed by atoms with van der Waals surface area (Å²) < 4.78 is 0. The Kier molecular flexibility index (Phi) is 6.67. The maximum Gasteiger partial charge on any atom is 0.261 e. The quantitative estimate of drug-likeness (QED) is 0.678. The lowest BCUT2D eigenvalue weighted by atomic mass is 9.83. The van der Waals surface area contributed by atoms with Crippen LogP contribution in [0.3, 0.4) is 0 Å². The minimum absolute atomic E-state index is 0.0435. The van der Waals surface area contributed by atoms with E-state index in [2.05, 4.69) is 10.6 Å². The van der Waals surface area contributed by atoms with Gasteiger partial charge in [0.2, 0.25) is 5.91 Å². The first-order valence-corrected chi connectivity index (χ1v) is 7.64. The van der Waals surface area contributed by atoms with Crippen LogP contribution in [-0.2, 0) is 4.79 Å². The molecule has 20 heavy (non-hydrogen) atoms. The van der Waals surface area contributed by atoms with Crippen LogP contribution >= 0.6 is 11.3 Å². The predicted octanol–water partition coefficient (Wildman–Crippen LogP) is 1.39. The Bertz CT molecular complexity index is 419. The van der Waals surface area contributed by atoms with Crippen LogP contribution in [-0.4, -0.2) is 36.6 Å². The number of rotatable bonds is 8. The molecule has 0 saturated carbocycles. The van der Waals surface area contributed by atoms with Crippen molar-refractivity contribution >= 4 is 23.2 Å². The molecule has 0 atom stereocenters. The number of nitrogens with one attached hydrogen (secondary N) is 2. The maximum atomic E-state index is 11.7. The van der Waals surface area contributed by atoms with Gasteiger partial charge in [-0.25, -0.2) is 0 Å². The van der Waals surface area contributed by atoms with Crippen molar-refractivity contribution in [3.63, 3.8) is 0 Å². The Labute approximate surface area is 123 Å². The number of thiophene rings is 1. The third kappa shape index (κ3) is 4.61. The van der Waals surface area contributed by atoms with Gasteiger partial charge in [0, 0.05) is 12.0 Å². The first kappa shape index (κ1) is 16.7. The summed E-state index contributed by atoms with van der Waals surface area (Å²) in [7, 11) is 0. The number of hydrogen-bond donors (Lipinski definition) is 3. The van der Waals surface area contributed by atoms with Crippen LogP contribution in [0, 0.1) is 5.41 Å². The highest BCUT2D eigenvalue weighted by Gasteiger charge is 2.25. The third-order valence-corrected chi connectivity index (χ3v) is 4.52.